The van der Waals surface area contributed by atoms with Gasteiger partial charge in [-0.1, -0.05) is 24.1 Å². The van der Waals surface area contributed by atoms with E-state index in [1.54, 1.807) is 43.1 Å². The summed E-state index contributed by atoms with van der Waals surface area (Å²) in [6.07, 6.45) is 5.71. The van der Waals surface area contributed by atoms with Gasteiger partial charge < -0.3 is 10.2 Å². The fourth-order valence-corrected chi connectivity index (χ4v) is 3.70. The predicted molar refractivity (Wildman–Crippen MR) is 110 cm³/mol. The van der Waals surface area contributed by atoms with E-state index in [9.17, 15) is 9.59 Å². The molecule has 0 aliphatic rings. The first-order valence-corrected chi connectivity index (χ1v) is 9.75. The van der Waals surface area contributed by atoms with Crippen molar-refractivity contribution >= 4 is 45.2 Å². The lowest BCUT2D eigenvalue weighted by Crippen LogP contribution is -2.35. The van der Waals surface area contributed by atoms with Gasteiger partial charge in [0.2, 0.25) is 11.8 Å². The van der Waals surface area contributed by atoms with E-state index >= 15 is 0 Å². The van der Waals surface area contributed by atoms with Crippen LogP contribution in [-0.4, -0.2) is 36.1 Å². The molecule has 0 saturated heterocycles. The van der Waals surface area contributed by atoms with Crippen LogP contribution in [-0.2, 0) is 9.59 Å². The highest BCUT2D eigenvalue weighted by atomic mass is 79.9. The highest BCUT2D eigenvalue weighted by molar-refractivity contribution is 9.10. The smallest absolute Gasteiger partial charge is 0.243 e. The van der Waals surface area contributed by atoms with Gasteiger partial charge in [-0.3, -0.25) is 9.59 Å². The largest absolute Gasteiger partial charge is 0.336 e. The minimum atomic E-state index is -0.256. The number of rotatable bonds is 7. The van der Waals surface area contributed by atoms with Crippen LogP contribution < -0.4 is 5.32 Å². The predicted octanol–water partition coefficient (Wildman–Crippen LogP) is 4.01. The molecule has 0 unspecified atom stereocenters. The molecule has 0 fully saturated rings. The number of carbonyl (C=O) groups is 2. The number of terminal acetylenes is 1. The lowest BCUT2D eigenvalue weighted by atomic mass is 10.2. The van der Waals surface area contributed by atoms with Crippen LogP contribution in [0.15, 0.2) is 57.9 Å². The number of benzene rings is 2. The van der Waals surface area contributed by atoms with Crippen LogP contribution in [0.2, 0.25) is 0 Å². The normalized spacial score (nSPS) is 10.0. The molecular formula is C20H19BrN2O2S. The molecule has 26 heavy (non-hydrogen) atoms. The van der Waals surface area contributed by atoms with E-state index in [0.29, 0.717) is 23.4 Å². The van der Waals surface area contributed by atoms with Gasteiger partial charge in [0.25, 0.3) is 0 Å². The van der Waals surface area contributed by atoms with Crippen LogP contribution >= 0.6 is 27.7 Å². The Hall–Kier alpha value is -2.23. The molecule has 0 saturated carbocycles. The van der Waals surface area contributed by atoms with E-state index in [1.807, 2.05) is 24.3 Å². The number of halogens is 1. The average Bonchev–Trinajstić information content (AvgIpc) is 2.63. The molecule has 0 aliphatic carbocycles. The monoisotopic (exact) mass is 430 g/mol. The van der Waals surface area contributed by atoms with Crippen LogP contribution in [0.4, 0.5) is 5.69 Å². The minimum Gasteiger partial charge on any atom is -0.336 e. The molecule has 2 aromatic carbocycles. The van der Waals surface area contributed by atoms with E-state index in [1.165, 1.54) is 4.90 Å². The summed E-state index contributed by atoms with van der Waals surface area (Å²) in [5.74, 6) is 2.84. The molecule has 2 amide bonds. The van der Waals surface area contributed by atoms with Crippen LogP contribution in [0, 0.1) is 12.3 Å². The molecule has 0 aliphatic heterocycles. The first-order valence-electron chi connectivity index (χ1n) is 7.97. The Morgan fingerprint density at radius 3 is 2.73 bits per heavy atom. The molecule has 0 bridgehead atoms. The number of nitrogens with zero attached hydrogens (tertiary/aromatic N) is 1. The maximum absolute atomic E-state index is 12.2. The fraction of sp³-hybridized carbons (Fsp3) is 0.200. The third-order valence-corrected chi connectivity index (χ3v) is 5.56. The Kier molecular flexibility index (Phi) is 7.76. The van der Waals surface area contributed by atoms with Crippen LogP contribution in [0.25, 0.3) is 0 Å². The van der Waals surface area contributed by atoms with Crippen LogP contribution in [0.1, 0.15) is 12.0 Å². The van der Waals surface area contributed by atoms with Crippen molar-refractivity contribution in [2.45, 2.75) is 11.3 Å². The highest BCUT2D eigenvalue weighted by Crippen LogP contribution is 2.27. The first-order chi connectivity index (χ1) is 12.5. The number of carbonyl (C=O) groups excluding carboxylic acids is 2. The topological polar surface area (TPSA) is 49.4 Å². The van der Waals surface area contributed by atoms with Gasteiger partial charge in [0, 0.05) is 39.8 Å². The standard InChI is InChI=1S/C20H19BrN2O2S/c1-3-15-7-6-8-16(13-15)22-19(24)14-23(2)20(25)11-12-26-18-10-5-4-9-17(18)21/h1,4-10,13H,11-12,14H2,2H3,(H,22,24). The average molecular weight is 431 g/mol. The van der Waals surface area contributed by atoms with Crippen molar-refractivity contribution in [3.05, 3.63) is 58.6 Å². The van der Waals surface area contributed by atoms with E-state index in [-0.39, 0.29) is 18.4 Å². The SMILES string of the molecule is C#Cc1cccc(NC(=O)CN(C)C(=O)CCSc2ccccc2Br)c1. The summed E-state index contributed by atoms with van der Waals surface area (Å²) >= 11 is 5.09. The number of nitrogens with one attached hydrogen (secondary N) is 1. The fourth-order valence-electron chi connectivity index (χ4n) is 2.19. The third kappa shape index (κ3) is 6.25. The maximum atomic E-state index is 12.2. The van der Waals surface area contributed by atoms with Gasteiger partial charge in [-0.05, 0) is 46.3 Å². The molecule has 0 atom stereocenters. The number of amides is 2. The number of hydrogen-bond donors (Lipinski definition) is 1. The minimum absolute atomic E-state index is 0.00118. The Morgan fingerprint density at radius 2 is 2.00 bits per heavy atom. The zero-order valence-electron chi connectivity index (χ0n) is 14.4. The molecule has 2 aromatic rings. The van der Waals surface area contributed by atoms with Gasteiger partial charge in [-0.25, -0.2) is 0 Å². The van der Waals surface area contributed by atoms with Crippen molar-refractivity contribution in [2.75, 3.05) is 24.7 Å². The molecule has 134 valence electrons. The summed E-state index contributed by atoms with van der Waals surface area (Å²) < 4.78 is 1.01. The van der Waals surface area contributed by atoms with Gasteiger partial charge in [-0.2, -0.15) is 0 Å². The van der Waals surface area contributed by atoms with Crippen LogP contribution in [0.5, 0.6) is 0 Å². The van der Waals surface area contributed by atoms with Gasteiger partial charge in [0.15, 0.2) is 0 Å². The zero-order valence-corrected chi connectivity index (χ0v) is 16.8. The van der Waals surface area contributed by atoms with Crippen molar-refractivity contribution in [3.8, 4) is 12.3 Å². The summed E-state index contributed by atoms with van der Waals surface area (Å²) in [6, 6.07) is 14.9. The number of anilines is 1. The third-order valence-electron chi connectivity index (χ3n) is 3.53. The summed E-state index contributed by atoms with van der Waals surface area (Å²) in [4.78, 5) is 26.8. The van der Waals surface area contributed by atoms with E-state index < -0.39 is 0 Å². The molecule has 4 nitrogen and oxygen atoms in total. The van der Waals surface area contributed by atoms with Crippen molar-refractivity contribution in [3.63, 3.8) is 0 Å². The molecule has 6 heteroatoms. The molecule has 1 N–H and O–H groups in total. The molecule has 0 spiro atoms. The second-order valence-corrected chi connectivity index (χ2v) is 7.54. The van der Waals surface area contributed by atoms with Gasteiger partial charge in [-0.15, -0.1) is 18.2 Å². The van der Waals surface area contributed by atoms with Gasteiger partial charge >= 0.3 is 0 Å². The van der Waals surface area contributed by atoms with Crippen molar-refractivity contribution < 1.29 is 9.59 Å². The van der Waals surface area contributed by atoms with E-state index in [4.69, 9.17) is 6.42 Å². The molecule has 2 rings (SSSR count). The van der Waals surface area contributed by atoms with E-state index in [2.05, 4.69) is 27.2 Å². The lowest BCUT2D eigenvalue weighted by Gasteiger charge is -2.17. The lowest BCUT2D eigenvalue weighted by molar-refractivity contribution is -0.132. The maximum Gasteiger partial charge on any atom is 0.243 e. The number of thioether (sulfide) groups is 1. The van der Waals surface area contributed by atoms with Crippen molar-refractivity contribution in [1.82, 2.24) is 4.90 Å². The molecule has 0 heterocycles. The second-order valence-electron chi connectivity index (χ2n) is 5.55. The first kappa shape index (κ1) is 20.1. The quantitative estimate of drug-likeness (QED) is 0.533. The summed E-state index contributed by atoms with van der Waals surface area (Å²) in [6.45, 7) is -0.00118. The van der Waals surface area contributed by atoms with Gasteiger partial charge in [0.05, 0.1) is 6.54 Å². The van der Waals surface area contributed by atoms with Gasteiger partial charge in [0.1, 0.15) is 0 Å². The second kappa shape index (κ2) is 10.0. The molecular weight excluding hydrogens is 412 g/mol. The Morgan fingerprint density at radius 1 is 1.23 bits per heavy atom. The van der Waals surface area contributed by atoms with Crippen LogP contribution in [0.3, 0.4) is 0 Å². The van der Waals surface area contributed by atoms with E-state index in [0.717, 1.165) is 9.37 Å². The molecule has 0 aromatic heterocycles. The Balaban J connectivity index is 1.78. The Labute approximate surface area is 166 Å². The zero-order chi connectivity index (χ0) is 18.9. The Bertz CT molecular complexity index is 833. The summed E-state index contributed by atoms with van der Waals surface area (Å²) in [5, 5.41) is 2.75. The highest BCUT2D eigenvalue weighted by Gasteiger charge is 2.13. The number of likely N-dealkylation sites (N-methyl/N-ethyl adjacent to an activating group) is 1. The summed E-state index contributed by atoms with van der Waals surface area (Å²) in [7, 11) is 1.63. The van der Waals surface area contributed by atoms with Crippen molar-refractivity contribution in [1.29, 1.82) is 0 Å². The van der Waals surface area contributed by atoms with Crippen molar-refractivity contribution in [2.24, 2.45) is 0 Å². The molecule has 0 radical (unpaired) electrons. The number of hydrogen-bond acceptors (Lipinski definition) is 3. The summed E-state index contributed by atoms with van der Waals surface area (Å²) in [5.41, 5.74) is 1.31.